The summed E-state index contributed by atoms with van der Waals surface area (Å²) in [5, 5.41) is 11.8. The van der Waals surface area contributed by atoms with Gasteiger partial charge in [0.2, 0.25) is 5.95 Å². The number of thioether (sulfide) groups is 1. The normalized spacial score (nSPS) is 11.3. The third-order valence-electron chi connectivity index (χ3n) is 3.56. The first kappa shape index (κ1) is 17.2. The van der Waals surface area contributed by atoms with Crippen LogP contribution in [0.1, 0.15) is 19.4 Å². The molecule has 3 rings (SSSR count). The Morgan fingerprint density at radius 3 is 2.80 bits per heavy atom. The van der Waals surface area contributed by atoms with Crippen LogP contribution in [0, 0.1) is 16.0 Å². The quantitative estimate of drug-likeness (QED) is 0.311. The minimum absolute atomic E-state index is 0.0959. The monoisotopic (exact) mass is 358 g/mol. The maximum atomic E-state index is 11.1. The van der Waals surface area contributed by atoms with Crippen LogP contribution in [0.4, 0.5) is 11.6 Å². The van der Waals surface area contributed by atoms with E-state index in [0.717, 1.165) is 6.54 Å². The Balaban J connectivity index is 1.92. The highest BCUT2D eigenvalue weighted by molar-refractivity contribution is 7.98. The molecule has 0 radical (unpaired) electrons. The van der Waals surface area contributed by atoms with E-state index in [1.165, 1.54) is 17.8 Å². The van der Waals surface area contributed by atoms with Crippen molar-refractivity contribution < 1.29 is 4.92 Å². The van der Waals surface area contributed by atoms with Crippen LogP contribution in [0.5, 0.6) is 0 Å². The van der Waals surface area contributed by atoms with Crippen molar-refractivity contribution in [2.75, 3.05) is 5.73 Å². The van der Waals surface area contributed by atoms with Crippen LogP contribution in [0.2, 0.25) is 0 Å². The van der Waals surface area contributed by atoms with Gasteiger partial charge in [-0.05, 0) is 5.92 Å². The van der Waals surface area contributed by atoms with Gasteiger partial charge in [0.25, 0.3) is 5.69 Å². The molecule has 2 aromatic heterocycles. The lowest BCUT2D eigenvalue weighted by Gasteiger charge is -2.08. The molecule has 0 aliphatic carbocycles. The summed E-state index contributed by atoms with van der Waals surface area (Å²) in [6.45, 7) is 5.00. The number of hydrogen-bond donors (Lipinski definition) is 1. The number of nitro groups is 1. The number of aromatic nitrogens is 4. The number of nitrogens with zero attached hydrogens (tertiary/aromatic N) is 5. The van der Waals surface area contributed by atoms with Crippen molar-refractivity contribution in [3.8, 4) is 0 Å². The third kappa shape index (κ3) is 3.71. The summed E-state index contributed by atoms with van der Waals surface area (Å²) >= 11 is 1.37. The maximum absolute atomic E-state index is 11.1. The molecule has 1 aromatic carbocycles. The van der Waals surface area contributed by atoms with Gasteiger partial charge in [0, 0.05) is 23.9 Å². The molecule has 0 spiro atoms. The SMILES string of the molecule is CC(C)Cn1cnc2c(SCc3ccccc3[N+](=O)[O-])nc(N)nc21. The molecule has 8 nitrogen and oxygen atoms in total. The Bertz CT molecular complexity index is 924. The number of imidazole rings is 1. The van der Waals surface area contributed by atoms with E-state index in [2.05, 4.69) is 28.8 Å². The third-order valence-corrected chi connectivity index (χ3v) is 4.58. The minimum atomic E-state index is -0.378. The molecule has 0 bridgehead atoms. The summed E-state index contributed by atoms with van der Waals surface area (Å²) in [5.74, 6) is 1.01. The number of para-hydroxylation sites is 1. The number of nitro benzene ring substituents is 1. The van der Waals surface area contributed by atoms with Crippen molar-refractivity contribution in [2.45, 2.75) is 31.2 Å². The summed E-state index contributed by atoms with van der Waals surface area (Å²) in [6.07, 6.45) is 1.73. The van der Waals surface area contributed by atoms with Crippen LogP contribution in [0.25, 0.3) is 11.2 Å². The first-order chi connectivity index (χ1) is 12.0. The van der Waals surface area contributed by atoms with Gasteiger partial charge >= 0.3 is 0 Å². The molecule has 0 saturated carbocycles. The van der Waals surface area contributed by atoms with Gasteiger partial charge in [-0.1, -0.05) is 43.8 Å². The first-order valence-corrected chi connectivity index (χ1v) is 8.77. The Kier molecular flexibility index (Phi) is 4.84. The number of benzene rings is 1. The fourth-order valence-electron chi connectivity index (χ4n) is 2.52. The summed E-state index contributed by atoms with van der Waals surface area (Å²) in [7, 11) is 0. The van der Waals surface area contributed by atoms with Crippen LogP contribution in [0.3, 0.4) is 0 Å². The molecule has 25 heavy (non-hydrogen) atoms. The molecule has 0 aliphatic heterocycles. The van der Waals surface area contributed by atoms with E-state index in [1.54, 1.807) is 24.5 Å². The second-order valence-electron chi connectivity index (χ2n) is 6.02. The molecule has 0 fully saturated rings. The maximum Gasteiger partial charge on any atom is 0.273 e. The molecular formula is C16H18N6O2S. The zero-order chi connectivity index (χ0) is 18.0. The second kappa shape index (κ2) is 7.06. The standard InChI is InChI=1S/C16H18N6O2S/c1-10(2)7-21-9-18-13-14(21)19-16(17)20-15(13)25-8-11-5-3-4-6-12(11)22(23)24/h3-6,9-10H,7-8H2,1-2H3,(H2,17,19,20). The molecule has 130 valence electrons. The van der Waals surface area contributed by atoms with Crippen molar-refractivity contribution >= 4 is 34.6 Å². The van der Waals surface area contributed by atoms with Gasteiger partial charge < -0.3 is 10.3 Å². The second-order valence-corrected chi connectivity index (χ2v) is 6.99. The lowest BCUT2D eigenvalue weighted by Crippen LogP contribution is -2.05. The van der Waals surface area contributed by atoms with E-state index in [0.29, 0.717) is 33.4 Å². The van der Waals surface area contributed by atoms with Crippen LogP contribution in [0.15, 0.2) is 35.6 Å². The molecule has 9 heteroatoms. The van der Waals surface area contributed by atoms with Gasteiger partial charge in [0.15, 0.2) is 5.65 Å². The van der Waals surface area contributed by atoms with Gasteiger partial charge in [0.1, 0.15) is 10.5 Å². The van der Waals surface area contributed by atoms with Gasteiger partial charge in [-0.25, -0.2) is 9.97 Å². The Labute approximate surface area is 148 Å². The van der Waals surface area contributed by atoms with E-state index in [1.807, 2.05) is 4.57 Å². The van der Waals surface area contributed by atoms with Gasteiger partial charge in [-0.3, -0.25) is 10.1 Å². The number of rotatable bonds is 6. The van der Waals surface area contributed by atoms with Gasteiger partial charge in [-0.2, -0.15) is 4.98 Å². The Morgan fingerprint density at radius 1 is 1.32 bits per heavy atom. The molecular weight excluding hydrogens is 340 g/mol. The summed E-state index contributed by atoms with van der Waals surface area (Å²) < 4.78 is 1.95. The average molecular weight is 358 g/mol. The highest BCUT2D eigenvalue weighted by atomic mass is 32.2. The zero-order valence-corrected chi connectivity index (χ0v) is 14.7. The van der Waals surface area contributed by atoms with Crippen molar-refractivity contribution in [1.29, 1.82) is 0 Å². The minimum Gasteiger partial charge on any atom is -0.368 e. The van der Waals surface area contributed by atoms with Crippen LogP contribution in [-0.2, 0) is 12.3 Å². The molecule has 2 heterocycles. The van der Waals surface area contributed by atoms with Crippen molar-refractivity contribution in [2.24, 2.45) is 5.92 Å². The summed E-state index contributed by atoms with van der Waals surface area (Å²) in [6, 6.07) is 6.67. The van der Waals surface area contributed by atoms with E-state index in [-0.39, 0.29) is 16.6 Å². The van der Waals surface area contributed by atoms with Gasteiger partial charge in [0.05, 0.1) is 11.3 Å². The zero-order valence-electron chi connectivity index (χ0n) is 13.9. The van der Waals surface area contributed by atoms with E-state index in [4.69, 9.17) is 5.73 Å². The van der Waals surface area contributed by atoms with E-state index in [9.17, 15) is 10.1 Å². The number of fused-ring (bicyclic) bond motifs is 1. The summed E-state index contributed by atoms with van der Waals surface area (Å²) in [4.78, 5) is 23.7. The average Bonchev–Trinajstić information content (AvgIpc) is 2.95. The smallest absolute Gasteiger partial charge is 0.273 e. The van der Waals surface area contributed by atoms with Crippen LogP contribution >= 0.6 is 11.8 Å². The molecule has 0 amide bonds. The molecule has 0 aliphatic rings. The van der Waals surface area contributed by atoms with Crippen molar-refractivity contribution in [3.05, 3.63) is 46.3 Å². The fraction of sp³-hybridized carbons (Fsp3) is 0.312. The lowest BCUT2D eigenvalue weighted by atomic mass is 10.2. The lowest BCUT2D eigenvalue weighted by molar-refractivity contribution is -0.385. The Morgan fingerprint density at radius 2 is 2.08 bits per heavy atom. The molecule has 0 saturated heterocycles. The summed E-state index contributed by atoms with van der Waals surface area (Å²) in [5.41, 5.74) is 7.92. The van der Waals surface area contributed by atoms with E-state index >= 15 is 0 Å². The molecule has 2 N–H and O–H groups in total. The highest BCUT2D eigenvalue weighted by Crippen LogP contribution is 2.30. The largest absolute Gasteiger partial charge is 0.368 e. The Hall–Kier alpha value is -2.68. The fourth-order valence-corrected chi connectivity index (χ4v) is 3.49. The predicted octanol–water partition coefficient (Wildman–Crippen LogP) is 3.27. The number of nitrogen functional groups attached to an aromatic ring is 1. The van der Waals surface area contributed by atoms with Gasteiger partial charge in [-0.15, -0.1) is 0 Å². The van der Waals surface area contributed by atoms with Crippen molar-refractivity contribution in [1.82, 2.24) is 19.5 Å². The van der Waals surface area contributed by atoms with Crippen molar-refractivity contribution in [3.63, 3.8) is 0 Å². The van der Waals surface area contributed by atoms with E-state index < -0.39 is 0 Å². The number of anilines is 1. The first-order valence-electron chi connectivity index (χ1n) is 7.79. The molecule has 3 aromatic rings. The number of hydrogen-bond acceptors (Lipinski definition) is 7. The highest BCUT2D eigenvalue weighted by Gasteiger charge is 2.16. The topological polar surface area (TPSA) is 113 Å². The molecule has 0 atom stereocenters. The molecule has 0 unspecified atom stereocenters. The number of nitrogens with two attached hydrogens (primary N) is 1. The van der Waals surface area contributed by atoms with Crippen LogP contribution in [-0.4, -0.2) is 24.4 Å². The predicted molar refractivity (Wildman–Crippen MR) is 97.2 cm³/mol. The van der Waals surface area contributed by atoms with Crippen LogP contribution < -0.4 is 5.73 Å².